The Bertz CT molecular complexity index is 624. The van der Waals surface area contributed by atoms with Crippen LogP contribution in [0.4, 0.5) is 0 Å². The number of hydrazone groups is 1. The molecule has 0 saturated heterocycles. The van der Waals surface area contributed by atoms with Gasteiger partial charge in [-0.1, -0.05) is 42.1 Å². The number of aromatic nitrogens is 1. The first-order valence-electron chi connectivity index (χ1n) is 6.20. The van der Waals surface area contributed by atoms with Crippen LogP contribution < -0.4 is 5.43 Å². The van der Waals surface area contributed by atoms with Crippen LogP contribution in [0.3, 0.4) is 0 Å². The molecule has 1 aromatic carbocycles. The number of rotatable bonds is 2. The second-order valence-corrected chi connectivity index (χ2v) is 6.16. The van der Waals surface area contributed by atoms with Crippen LogP contribution in [-0.2, 0) is 4.87 Å². The van der Waals surface area contributed by atoms with Gasteiger partial charge in [0.15, 0.2) is 0 Å². The van der Waals surface area contributed by atoms with Gasteiger partial charge in [0.2, 0.25) is 0 Å². The summed E-state index contributed by atoms with van der Waals surface area (Å²) in [4.78, 5) is 4.17. The highest BCUT2D eigenvalue weighted by molar-refractivity contribution is 8.15. The maximum Gasteiger partial charge on any atom is 0.145 e. The van der Waals surface area contributed by atoms with Crippen LogP contribution in [0.2, 0.25) is 0 Å². The van der Waals surface area contributed by atoms with Gasteiger partial charge in [0.25, 0.3) is 0 Å². The molecule has 2 heterocycles. The third-order valence-corrected chi connectivity index (χ3v) is 4.33. The Kier molecular flexibility index (Phi) is 3.03. The second-order valence-electron chi connectivity index (χ2n) is 4.75. The summed E-state index contributed by atoms with van der Waals surface area (Å²) in [5.74, 6) is 0. The number of hydrogen-bond acceptors (Lipinski definition) is 4. The summed E-state index contributed by atoms with van der Waals surface area (Å²) < 4.78 is 0. The standard InChI is InChI=1S/C15H15N3S/c1-11-8-9-16-13(10-11)15(2)18-17-14(19-15)12-6-4-3-5-7-12/h3-10,18H,1-2H3. The van der Waals surface area contributed by atoms with Crippen molar-refractivity contribution >= 4 is 16.8 Å². The molecule has 1 N–H and O–H groups in total. The van der Waals surface area contributed by atoms with Crippen LogP contribution in [0.25, 0.3) is 0 Å². The molecule has 0 bridgehead atoms. The van der Waals surface area contributed by atoms with Crippen molar-refractivity contribution < 1.29 is 0 Å². The normalized spacial score (nSPS) is 21.9. The van der Waals surface area contributed by atoms with Gasteiger partial charge in [-0.15, -0.1) is 0 Å². The average molecular weight is 269 g/mol. The van der Waals surface area contributed by atoms with Crippen molar-refractivity contribution in [2.45, 2.75) is 18.7 Å². The Morgan fingerprint density at radius 2 is 1.95 bits per heavy atom. The van der Waals surface area contributed by atoms with E-state index < -0.39 is 0 Å². The summed E-state index contributed by atoms with van der Waals surface area (Å²) in [7, 11) is 0. The Morgan fingerprint density at radius 1 is 1.16 bits per heavy atom. The van der Waals surface area contributed by atoms with Gasteiger partial charge in [0.05, 0.1) is 5.69 Å². The van der Waals surface area contributed by atoms with Crippen molar-refractivity contribution in [1.82, 2.24) is 10.4 Å². The van der Waals surface area contributed by atoms with E-state index in [0.717, 1.165) is 16.3 Å². The predicted octanol–water partition coefficient (Wildman–Crippen LogP) is 3.26. The largest absolute Gasteiger partial charge is 0.287 e. The molecule has 0 saturated carbocycles. The van der Waals surface area contributed by atoms with E-state index in [9.17, 15) is 0 Å². The number of thioether (sulfide) groups is 1. The van der Waals surface area contributed by atoms with Gasteiger partial charge in [-0.3, -0.25) is 10.4 Å². The van der Waals surface area contributed by atoms with Gasteiger partial charge in [0.1, 0.15) is 9.91 Å². The molecule has 2 aromatic rings. The number of aryl methyl sites for hydroxylation is 1. The Hall–Kier alpha value is -1.81. The zero-order valence-corrected chi connectivity index (χ0v) is 11.7. The fourth-order valence-electron chi connectivity index (χ4n) is 2.01. The topological polar surface area (TPSA) is 37.3 Å². The first-order chi connectivity index (χ1) is 9.17. The van der Waals surface area contributed by atoms with Crippen LogP contribution in [-0.4, -0.2) is 10.0 Å². The van der Waals surface area contributed by atoms with E-state index in [1.54, 1.807) is 11.8 Å². The molecular formula is C15H15N3S. The zero-order chi connectivity index (χ0) is 13.3. The van der Waals surface area contributed by atoms with Crippen LogP contribution in [0, 0.1) is 6.92 Å². The average Bonchev–Trinajstić information content (AvgIpc) is 2.84. The van der Waals surface area contributed by atoms with Gasteiger partial charge in [0, 0.05) is 11.8 Å². The summed E-state index contributed by atoms with van der Waals surface area (Å²) in [5, 5.41) is 5.46. The highest BCUT2D eigenvalue weighted by Crippen LogP contribution is 2.39. The van der Waals surface area contributed by atoms with E-state index >= 15 is 0 Å². The SMILES string of the molecule is Cc1ccnc(C2(C)NN=C(c3ccccc3)S2)c1. The molecule has 3 rings (SSSR count). The highest BCUT2D eigenvalue weighted by atomic mass is 32.2. The molecule has 0 spiro atoms. The zero-order valence-electron chi connectivity index (χ0n) is 10.9. The quantitative estimate of drug-likeness (QED) is 0.909. The number of pyridine rings is 1. The Morgan fingerprint density at radius 3 is 2.68 bits per heavy atom. The lowest BCUT2D eigenvalue weighted by Gasteiger charge is -2.22. The number of benzene rings is 1. The lowest BCUT2D eigenvalue weighted by atomic mass is 10.1. The molecule has 1 atom stereocenters. The maximum absolute atomic E-state index is 4.46. The van der Waals surface area contributed by atoms with Crippen molar-refractivity contribution in [3.05, 3.63) is 65.5 Å². The molecule has 1 aromatic heterocycles. The molecule has 1 unspecified atom stereocenters. The fourth-order valence-corrected chi connectivity index (χ4v) is 3.05. The fraction of sp³-hybridized carbons (Fsp3) is 0.200. The summed E-state index contributed by atoms with van der Waals surface area (Å²) in [6.45, 7) is 4.19. The number of hydrogen-bond donors (Lipinski definition) is 1. The highest BCUT2D eigenvalue weighted by Gasteiger charge is 2.35. The molecule has 0 fully saturated rings. The first-order valence-corrected chi connectivity index (χ1v) is 7.01. The van der Waals surface area contributed by atoms with Crippen molar-refractivity contribution in [2.75, 3.05) is 0 Å². The van der Waals surface area contributed by atoms with Crippen LogP contribution >= 0.6 is 11.8 Å². The van der Waals surface area contributed by atoms with Gasteiger partial charge in [-0.05, 0) is 31.5 Å². The molecule has 4 heteroatoms. The van der Waals surface area contributed by atoms with Gasteiger partial charge >= 0.3 is 0 Å². The monoisotopic (exact) mass is 269 g/mol. The van der Waals surface area contributed by atoms with Crippen molar-refractivity contribution in [3.8, 4) is 0 Å². The van der Waals surface area contributed by atoms with Gasteiger partial charge in [-0.2, -0.15) is 5.10 Å². The smallest absolute Gasteiger partial charge is 0.145 e. The molecular weight excluding hydrogens is 254 g/mol. The second kappa shape index (κ2) is 4.70. The van der Waals surface area contributed by atoms with Crippen LogP contribution in [0.1, 0.15) is 23.7 Å². The maximum atomic E-state index is 4.46. The summed E-state index contributed by atoms with van der Waals surface area (Å²) in [5.41, 5.74) is 6.57. The van der Waals surface area contributed by atoms with E-state index in [1.165, 1.54) is 5.56 Å². The van der Waals surface area contributed by atoms with E-state index in [2.05, 4.69) is 47.6 Å². The van der Waals surface area contributed by atoms with E-state index in [-0.39, 0.29) is 4.87 Å². The minimum Gasteiger partial charge on any atom is -0.287 e. The molecule has 1 aliphatic heterocycles. The summed E-state index contributed by atoms with van der Waals surface area (Å²) in [6.07, 6.45) is 1.85. The Balaban J connectivity index is 1.87. The van der Waals surface area contributed by atoms with Crippen LogP contribution in [0.5, 0.6) is 0 Å². The lowest BCUT2D eigenvalue weighted by molar-refractivity contribution is 0.547. The van der Waals surface area contributed by atoms with Crippen LogP contribution in [0.15, 0.2) is 53.8 Å². The number of nitrogens with one attached hydrogen (secondary N) is 1. The van der Waals surface area contributed by atoms with E-state index in [4.69, 9.17) is 0 Å². The predicted molar refractivity (Wildman–Crippen MR) is 80.0 cm³/mol. The van der Waals surface area contributed by atoms with Crippen molar-refractivity contribution in [1.29, 1.82) is 0 Å². The van der Waals surface area contributed by atoms with Crippen molar-refractivity contribution in [2.24, 2.45) is 5.10 Å². The Labute approximate surface area is 117 Å². The molecule has 0 radical (unpaired) electrons. The number of nitrogens with zero attached hydrogens (tertiary/aromatic N) is 2. The van der Waals surface area contributed by atoms with Gasteiger partial charge < -0.3 is 0 Å². The van der Waals surface area contributed by atoms with E-state index in [0.29, 0.717) is 0 Å². The van der Waals surface area contributed by atoms with Crippen molar-refractivity contribution in [3.63, 3.8) is 0 Å². The summed E-state index contributed by atoms with van der Waals surface area (Å²) in [6, 6.07) is 14.3. The lowest BCUT2D eigenvalue weighted by Crippen LogP contribution is -2.29. The molecule has 0 aliphatic carbocycles. The van der Waals surface area contributed by atoms with Gasteiger partial charge in [-0.25, -0.2) is 0 Å². The summed E-state index contributed by atoms with van der Waals surface area (Å²) >= 11 is 1.70. The molecule has 1 aliphatic rings. The first kappa shape index (κ1) is 12.2. The molecule has 19 heavy (non-hydrogen) atoms. The third-order valence-electron chi connectivity index (χ3n) is 3.10. The molecule has 3 nitrogen and oxygen atoms in total. The minimum atomic E-state index is -0.294. The van der Waals surface area contributed by atoms with E-state index in [1.807, 2.05) is 30.5 Å². The molecule has 96 valence electrons. The minimum absolute atomic E-state index is 0.294. The molecule has 0 amide bonds. The third kappa shape index (κ3) is 2.36.